The molecule has 138 valence electrons. The zero-order chi connectivity index (χ0) is 19.4. The van der Waals surface area contributed by atoms with Crippen LogP contribution in [-0.2, 0) is 4.79 Å². The monoisotopic (exact) mass is 381 g/mol. The van der Waals surface area contributed by atoms with Crippen molar-refractivity contribution in [2.24, 2.45) is 0 Å². The topological polar surface area (TPSA) is 93.5 Å². The number of halogens is 2. The lowest BCUT2D eigenvalue weighted by molar-refractivity contribution is -0.387. The Morgan fingerprint density at radius 1 is 1.35 bits per heavy atom. The number of hydrogen-bond donors (Lipinski definition) is 2. The Bertz CT molecular complexity index is 860. The van der Waals surface area contributed by atoms with Crippen LogP contribution in [0, 0.1) is 22.9 Å². The van der Waals surface area contributed by atoms with Gasteiger partial charge in [-0.1, -0.05) is 11.6 Å². The van der Waals surface area contributed by atoms with Crippen molar-refractivity contribution >= 4 is 34.6 Å². The standard InChI is InChI=1S/C17H17ClFN3O4/c1-9-6-14(16(26-3)8-12(9)18)20-10(2)17(23)21-11-4-5-13(19)15(7-11)22(24)25/h4-8,10,20H,1-3H3,(H,21,23)/t10-/m0/s1. The molecule has 0 radical (unpaired) electrons. The summed E-state index contributed by atoms with van der Waals surface area (Å²) in [6, 6.07) is 5.82. The molecule has 7 nitrogen and oxygen atoms in total. The number of benzene rings is 2. The molecular formula is C17H17ClFN3O4. The predicted molar refractivity (Wildman–Crippen MR) is 97.5 cm³/mol. The second kappa shape index (κ2) is 8.01. The second-order valence-electron chi connectivity index (χ2n) is 5.58. The fourth-order valence-corrected chi connectivity index (χ4v) is 2.38. The van der Waals surface area contributed by atoms with Gasteiger partial charge in [0.2, 0.25) is 11.7 Å². The van der Waals surface area contributed by atoms with Crippen molar-refractivity contribution in [1.29, 1.82) is 0 Å². The molecule has 2 rings (SSSR count). The summed E-state index contributed by atoms with van der Waals surface area (Å²) in [5, 5.41) is 16.8. The highest BCUT2D eigenvalue weighted by atomic mass is 35.5. The van der Waals surface area contributed by atoms with Crippen LogP contribution in [0.1, 0.15) is 12.5 Å². The Morgan fingerprint density at radius 2 is 2.04 bits per heavy atom. The van der Waals surface area contributed by atoms with Gasteiger partial charge in [0.05, 0.1) is 17.7 Å². The van der Waals surface area contributed by atoms with E-state index in [9.17, 15) is 19.3 Å². The molecule has 0 saturated carbocycles. The molecule has 9 heteroatoms. The van der Waals surface area contributed by atoms with Gasteiger partial charge in [0, 0.05) is 22.8 Å². The zero-order valence-electron chi connectivity index (χ0n) is 14.3. The molecule has 26 heavy (non-hydrogen) atoms. The van der Waals surface area contributed by atoms with E-state index in [1.807, 2.05) is 6.92 Å². The van der Waals surface area contributed by atoms with E-state index in [0.29, 0.717) is 16.5 Å². The molecule has 0 aliphatic rings. The van der Waals surface area contributed by atoms with Gasteiger partial charge in [0.1, 0.15) is 11.8 Å². The smallest absolute Gasteiger partial charge is 0.306 e. The van der Waals surface area contributed by atoms with Gasteiger partial charge in [0.15, 0.2) is 0 Å². The molecule has 1 atom stereocenters. The van der Waals surface area contributed by atoms with Crippen LogP contribution < -0.4 is 15.4 Å². The highest BCUT2D eigenvalue weighted by Gasteiger charge is 2.19. The number of rotatable bonds is 6. The van der Waals surface area contributed by atoms with E-state index >= 15 is 0 Å². The van der Waals surface area contributed by atoms with Crippen LogP contribution in [-0.4, -0.2) is 24.0 Å². The summed E-state index contributed by atoms with van der Waals surface area (Å²) in [6.45, 7) is 3.42. The molecule has 0 aromatic heterocycles. The molecule has 2 aromatic rings. The number of amides is 1. The van der Waals surface area contributed by atoms with Crippen LogP contribution in [0.15, 0.2) is 30.3 Å². The fraction of sp³-hybridized carbons (Fsp3) is 0.235. The van der Waals surface area contributed by atoms with E-state index in [-0.39, 0.29) is 5.69 Å². The molecule has 0 unspecified atom stereocenters. The Morgan fingerprint density at radius 3 is 2.65 bits per heavy atom. The molecule has 0 bridgehead atoms. The third-order valence-corrected chi connectivity index (χ3v) is 4.06. The maximum Gasteiger partial charge on any atom is 0.306 e. The fourth-order valence-electron chi connectivity index (χ4n) is 2.22. The van der Waals surface area contributed by atoms with Crippen LogP contribution in [0.3, 0.4) is 0 Å². The normalized spacial score (nSPS) is 11.6. The second-order valence-corrected chi connectivity index (χ2v) is 5.99. The van der Waals surface area contributed by atoms with E-state index in [4.69, 9.17) is 16.3 Å². The Labute approximate surface area is 154 Å². The minimum absolute atomic E-state index is 0.121. The molecule has 1 amide bonds. The number of aryl methyl sites for hydroxylation is 1. The molecule has 2 N–H and O–H groups in total. The Balaban J connectivity index is 2.15. The SMILES string of the molecule is COc1cc(Cl)c(C)cc1N[C@@H](C)C(=O)Nc1ccc(F)c([N+](=O)[O-])c1. The molecule has 0 aliphatic heterocycles. The van der Waals surface area contributed by atoms with E-state index in [0.717, 1.165) is 17.7 Å². The van der Waals surface area contributed by atoms with Gasteiger partial charge >= 0.3 is 5.69 Å². The minimum atomic E-state index is -0.972. The van der Waals surface area contributed by atoms with Crippen LogP contribution in [0.25, 0.3) is 0 Å². The summed E-state index contributed by atoms with van der Waals surface area (Å²) < 4.78 is 18.6. The van der Waals surface area contributed by atoms with Crippen molar-refractivity contribution in [2.75, 3.05) is 17.7 Å². The number of carbonyl (C=O) groups excluding carboxylic acids is 1. The van der Waals surface area contributed by atoms with Crippen LogP contribution in [0.2, 0.25) is 5.02 Å². The summed E-state index contributed by atoms with van der Waals surface area (Å²) >= 11 is 6.05. The summed E-state index contributed by atoms with van der Waals surface area (Å²) in [7, 11) is 1.48. The molecule has 0 fully saturated rings. The van der Waals surface area contributed by atoms with Crippen LogP contribution in [0.4, 0.5) is 21.5 Å². The van der Waals surface area contributed by atoms with E-state index in [1.165, 1.54) is 13.2 Å². The lowest BCUT2D eigenvalue weighted by Crippen LogP contribution is -2.32. The van der Waals surface area contributed by atoms with Gasteiger partial charge in [-0.15, -0.1) is 0 Å². The summed E-state index contributed by atoms with van der Waals surface area (Å²) in [4.78, 5) is 22.3. The van der Waals surface area contributed by atoms with E-state index in [1.54, 1.807) is 19.1 Å². The first-order valence-electron chi connectivity index (χ1n) is 7.58. The molecule has 0 aliphatic carbocycles. The highest BCUT2D eigenvalue weighted by molar-refractivity contribution is 6.31. The van der Waals surface area contributed by atoms with Gasteiger partial charge in [-0.05, 0) is 37.6 Å². The highest BCUT2D eigenvalue weighted by Crippen LogP contribution is 2.31. The molecular weight excluding hydrogens is 365 g/mol. The number of hydrogen-bond acceptors (Lipinski definition) is 5. The first-order valence-corrected chi connectivity index (χ1v) is 7.96. The quantitative estimate of drug-likeness (QED) is 0.579. The molecule has 0 saturated heterocycles. The van der Waals surface area contributed by atoms with Crippen molar-refractivity contribution < 1.29 is 18.8 Å². The first-order chi connectivity index (χ1) is 12.2. The average molecular weight is 382 g/mol. The van der Waals surface area contributed by atoms with Crippen molar-refractivity contribution in [3.8, 4) is 5.75 Å². The number of carbonyl (C=O) groups is 1. The average Bonchev–Trinajstić information content (AvgIpc) is 2.59. The lowest BCUT2D eigenvalue weighted by atomic mass is 10.2. The number of nitro groups is 1. The predicted octanol–water partition coefficient (Wildman–Crippen LogP) is 4.14. The van der Waals surface area contributed by atoms with Crippen molar-refractivity contribution in [3.05, 3.63) is 56.8 Å². The Hall–Kier alpha value is -2.87. The third-order valence-electron chi connectivity index (χ3n) is 3.66. The van der Waals surface area contributed by atoms with Crippen LogP contribution >= 0.6 is 11.6 Å². The number of anilines is 2. The van der Waals surface area contributed by atoms with E-state index in [2.05, 4.69) is 10.6 Å². The molecule has 0 heterocycles. The van der Waals surface area contributed by atoms with Crippen molar-refractivity contribution in [3.63, 3.8) is 0 Å². The number of ether oxygens (including phenoxy) is 1. The van der Waals surface area contributed by atoms with E-state index < -0.39 is 28.4 Å². The summed E-state index contributed by atoms with van der Waals surface area (Å²) in [5.41, 5.74) is 0.785. The maximum absolute atomic E-state index is 13.4. The van der Waals surface area contributed by atoms with Crippen molar-refractivity contribution in [2.45, 2.75) is 19.9 Å². The summed E-state index contributed by atoms with van der Waals surface area (Å²) in [5.74, 6) is -0.959. The largest absolute Gasteiger partial charge is 0.495 e. The number of nitro benzene ring substituents is 1. The van der Waals surface area contributed by atoms with Gasteiger partial charge in [-0.3, -0.25) is 14.9 Å². The number of methoxy groups -OCH3 is 1. The minimum Gasteiger partial charge on any atom is -0.495 e. The van der Waals surface area contributed by atoms with Crippen LogP contribution in [0.5, 0.6) is 5.75 Å². The Kier molecular flexibility index (Phi) is 5.99. The first kappa shape index (κ1) is 19.5. The van der Waals surface area contributed by atoms with Gasteiger partial charge < -0.3 is 15.4 Å². The van der Waals surface area contributed by atoms with Gasteiger partial charge in [0.25, 0.3) is 0 Å². The van der Waals surface area contributed by atoms with Crippen molar-refractivity contribution in [1.82, 2.24) is 0 Å². The summed E-state index contributed by atoms with van der Waals surface area (Å²) in [6.07, 6.45) is 0. The maximum atomic E-state index is 13.4. The lowest BCUT2D eigenvalue weighted by Gasteiger charge is -2.18. The number of nitrogens with one attached hydrogen (secondary N) is 2. The number of nitrogens with zero attached hydrogens (tertiary/aromatic N) is 1. The molecule has 0 spiro atoms. The van der Waals surface area contributed by atoms with Gasteiger partial charge in [-0.25, -0.2) is 0 Å². The van der Waals surface area contributed by atoms with Gasteiger partial charge in [-0.2, -0.15) is 4.39 Å². The molecule has 2 aromatic carbocycles. The zero-order valence-corrected chi connectivity index (χ0v) is 15.1. The third kappa shape index (κ3) is 4.40.